The molecule has 0 saturated heterocycles. The van der Waals surface area contributed by atoms with E-state index in [1.807, 2.05) is 24.3 Å². The van der Waals surface area contributed by atoms with Crippen molar-refractivity contribution in [3.63, 3.8) is 0 Å². The fourth-order valence-electron chi connectivity index (χ4n) is 1.78. The molecule has 0 amide bonds. The molecule has 3 heteroatoms. The van der Waals surface area contributed by atoms with Crippen LogP contribution in [0.3, 0.4) is 0 Å². The van der Waals surface area contributed by atoms with Gasteiger partial charge < -0.3 is 9.52 Å². The van der Waals surface area contributed by atoms with Crippen LogP contribution in [0.4, 0.5) is 0 Å². The van der Waals surface area contributed by atoms with Gasteiger partial charge in [-0.2, -0.15) is 0 Å². The summed E-state index contributed by atoms with van der Waals surface area (Å²) in [6, 6.07) is 9.98. The predicted molar refractivity (Wildman–Crippen MR) is 72.0 cm³/mol. The highest BCUT2D eigenvalue weighted by Gasteiger charge is 2.09. The van der Waals surface area contributed by atoms with E-state index in [0.29, 0.717) is 6.42 Å². The Morgan fingerprint density at radius 3 is 2.76 bits per heavy atom. The second kappa shape index (κ2) is 5.07. The van der Waals surface area contributed by atoms with Crippen LogP contribution in [0.2, 0.25) is 0 Å². The number of aliphatic hydroxyl groups is 1. The summed E-state index contributed by atoms with van der Waals surface area (Å²) in [6.45, 7) is 3.81. The number of halogens is 1. The largest absolute Gasteiger partial charge is 0.461 e. The molecule has 17 heavy (non-hydrogen) atoms. The number of hydrogen-bond acceptors (Lipinski definition) is 2. The molecule has 0 aliphatic rings. The number of hydrogen-bond donors (Lipinski definition) is 1. The molecule has 2 rings (SSSR count). The first-order valence-electron chi connectivity index (χ1n) is 5.59. The second-order valence-electron chi connectivity index (χ2n) is 4.28. The summed E-state index contributed by atoms with van der Waals surface area (Å²) in [5, 5.41) is 9.32. The second-order valence-corrected chi connectivity index (χ2v) is 5.19. The summed E-state index contributed by atoms with van der Waals surface area (Å²) in [7, 11) is 0. The maximum Gasteiger partial charge on any atom is 0.134 e. The van der Waals surface area contributed by atoms with E-state index in [1.54, 1.807) is 6.92 Å². The van der Waals surface area contributed by atoms with Gasteiger partial charge in [0.05, 0.1) is 6.10 Å². The lowest BCUT2D eigenvalue weighted by atomic mass is 10.1. The Hall–Kier alpha value is -1.06. The lowest BCUT2D eigenvalue weighted by Gasteiger charge is -2.04. The molecule has 0 bridgehead atoms. The number of aliphatic hydroxyl groups excluding tert-OH is 1. The van der Waals surface area contributed by atoms with Gasteiger partial charge in [-0.15, -0.1) is 0 Å². The summed E-state index contributed by atoms with van der Waals surface area (Å²) < 4.78 is 6.77. The van der Waals surface area contributed by atoms with Crippen molar-refractivity contribution in [2.45, 2.75) is 26.4 Å². The Morgan fingerprint density at radius 2 is 2.06 bits per heavy atom. The van der Waals surface area contributed by atoms with Gasteiger partial charge in [0, 0.05) is 16.5 Å². The average molecular weight is 295 g/mol. The van der Waals surface area contributed by atoms with E-state index in [9.17, 15) is 5.11 Å². The van der Waals surface area contributed by atoms with Crippen molar-refractivity contribution in [2.24, 2.45) is 0 Å². The number of rotatable bonds is 3. The van der Waals surface area contributed by atoms with E-state index in [2.05, 4.69) is 28.9 Å². The molecule has 0 fully saturated rings. The van der Waals surface area contributed by atoms with Crippen molar-refractivity contribution >= 4 is 15.9 Å². The van der Waals surface area contributed by atoms with Crippen LogP contribution in [-0.4, -0.2) is 11.2 Å². The van der Waals surface area contributed by atoms with Crippen LogP contribution < -0.4 is 0 Å². The third-order valence-electron chi connectivity index (χ3n) is 2.62. The van der Waals surface area contributed by atoms with Gasteiger partial charge in [-0.1, -0.05) is 22.0 Å². The number of furan rings is 1. The van der Waals surface area contributed by atoms with Gasteiger partial charge in [-0.3, -0.25) is 0 Å². The minimum Gasteiger partial charge on any atom is -0.461 e. The first-order chi connectivity index (χ1) is 8.06. The van der Waals surface area contributed by atoms with Crippen LogP contribution in [0, 0.1) is 6.92 Å². The highest BCUT2D eigenvalue weighted by Crippen LogP contribution is 2.28. The summed E-state index contributed by atoms with van der Waals surface area (Å²) in [4.78, 5) is 0. The van der Waals surface area contributed by atoms with E-state index in [1.165, 1.54) is 5.56 Å². The summed E-state index contributed by atoms with van der Waals surface area (Å²) in [5.41, 5.74) is 2.25. The van der Waals surface area contributed by atoms with Gasteiger partial charge in [0.2, 0.25) is 0 Å². The standard InChI is InChI=1S/C14H15BrO2/c1-9-3-4-11(15)8-13(9)14-6-5-12(17-14)7-10(2)16/h3-6,8,10,16H,7H2,1-2H3. The van der Waals surface area contributed by atoms with E-state index < -0.39 is 0 Å². The molecule has 0 aliphatic carbocycles. The van der Waals surface area contributed by atoms with E-state index in [-0.39, 0.29) is 6.10 Å². The number of aryl methyl sites for hydroxylation is 1. The minimum atomic E-state index is -0.377. The predicted octanol–water partition coefficient (Wildman–Crippen LogP) is 3.94. The van der Waals surface area contributed by atoms with Crippen LogP contribution in [-0.2, 0) is 6.42 Å². The van der Waals surface area contributed by atoms with Gasteiger partial charge in [-0.25, -0.2) is 0 Å². The van der Waals surface area contributed by atoms with Gasteiger partial charge in [0.25, 0.3) is 0 Å². The molecule has 2 nitrogen and oxygen atoms in total. The van der Waals surface area contributed by atoms with E-state index in [0.717, 1.165) is 21.6 Å². The molecule has 1 unspecified atom stereocenters. The maximum absolute atomic E-state index is 9.32. The third-order valence-corrected chi connectivity index (χ3v) is 3.12. The molecule has 0 saturated carbocycles. The number of benzene rings is 1. The molecule has 2 aromatic rings. The van der Waals surface area contributed by atoms with Gasteiger partial charge in [0.15, 0.2) is 0 Å². The van der Waals surface area contributed by atoms with Crippen LogP contribution in [0.5, 0.6) is 0 Å². The molecule has 1 aromatic heterocycles. The summed E-state index contributed by atoms with van der Waals surface area (Å²) in [5.74, 6) is 1.66. The third kappa shape index (κ3) is 2.99. The zero-order valence-electron chi connectivity index (χ0n) is 9.90. The monoisotopic (exact) mass is 294 g/mol. The highest BCUT2D eigenvalue weighted by molar-refractivity contribution is 9.10. The van der Waals surface area contributed by atoms with Crippen LogP contribution in [0.1, 0.15) is 18.2 Å². The summed E-state index contributed by atoms with van der Waals surface area (Å²) in [6.07, 6.45) is 0.171. The fourth-order valence-corrected chi connectivity index (χ4v) is 2.14. The van der Waals surface area contributed by atoms with Crippen LogP contribution in [0.15, 0.2) is 39.2 Å². The Kier molecular flexibility index (Phi) is 3.69. The van der Waals surface area contributed by atoms with E-state index in [4.69, 9.17) is 4.42 Å². The Balaban J connectivity index is 2.33. The molecule has 0 aliphatic heterocycles. The maximum atomic E-state index is 9.32. The lowest BCUT2D eigenvalue weighted by molar-refractivity contribution is 0.187. The molecule has 90 valence electrons. The Bertz CT molecular complexity index is 515. The van der Waals surface area contributed by atoms with Crippen molar-refractivity contribution in [3.05, 3.63) is 46.1 Å². The van der Waals surface area contributed by atoms with Crippen molar-refractivity contribution in [3.8, 4) is 11.3 Å². The van der Waals surface area contributed by atoms with Gasteiger partial charge >= 0.3 is 0 Å². The molecular formula is C14H15BrO2. The van der Waals surface area contributed by atoms with Crippen molar-refractivity contribution < 1.29 is 9.52 Å². The highest BCUT2D eigenvalue weighted by atomic mass is 79.9. The molecule has 1 heterocycles. The van der Waals surface area contributed by atoms with E-state index >= 15 is 0 Å². The minimum absolute atomic E-state index is 0.377. The zero-order valence-corrected chi connectivity index (χ0v) is 11.5. The molecule has 1 atom stereocenters. The topological polar surface area (TPSA) is 33.4 Å². The van der Waals surface area contributed by atoms with Crippen LogP contribution >= 0.6 is 15.9 Å². The molecule has 1 N–H and O–H groups in total. The normalized spacial score (nSPS) is 12.7. The first kappa shape index (κ1) is 12.4. The van der Waals surface area contributed by atoms with Gasteiger partial charge in [-0.05, 0) is 43.7 Å². The van der Waals surface area contributed by atoms with Crippen molar-refractivity contribution in [2.75, 3.05) is 0 Å². The fraction of sp³-hybridized carbons (Fsp3) is 0.286. The molecular weight excluding hydrogens is 280 g/mol. The molecule has 1 aromatic carbocycles. The quantitative estimate of drug-likeness (QED) is 0.930. The smallest absolute Gasteiger partial charge is 0.134 e. The van der Waals surface area contributed by atoms with Crippen molar-refractivity contribution in [1.29, 1.82) is 0 Å². The average Bonchev–Trinajstić information content (AvgIpc) is 2.69. The first-order valence-corrected chi connectivity index (χ1v) is 6.39. The lowest BCUT2D eigenvalue weighted by Crippen LogP contribution is -2.02. The molecule has 0 radical (unpaired) electrons. The Morgan fingerprint density at radius 1 is 1.29 bits per heavy atom. The SMILES string of the molecule is Cc1ccc(Br)cc1-c1ccc(CC(C)O)o1. The van der Waals surface area contributed by atoms with Crippen molar-refractivity contribution in [1.82, 2.24) is 0 Å². The van der Waals surface area contributed by atoms with Crippen LogP contribution in [0.25, 0.3) is 11.3 Å². The summed E-state index contributed by atoms with van der Waals surface area (Å²) >= 11 is 3.46. The molecule has 0 spiro atoms. The Labute approximate surface area is 109 Å². The zero-order chi connectivity index (χ0) is 12.4. The van der Waals surface area contributed by atoms with Gasteiger partial charge in [0.1, 0.15) is 11.5 Å².